The fourth-order valence-corrected chi connectivity index (χ4v) is 5.58. The van der Waals surface area contributed by atoms with Crippen LogP contribution < -0.4 is 9.62 Å². The highest BCUT2D eigenvalue weighted by Crippen LogP contribution is 2.25. The second-order valence-electron chi connectivity index (χ2n) is 9.24. The highest BCUT2D eigenvalue weighted by Gasteiger charge is 2.33. The first kappa shape index (κ1) is 28.9. The van der Waals surface area contributed by atoms with Crippen molar-refractivity contribution in [3.05, 3.63) is 96.1 Å². The van der Waals surface area contributed by atoms with Gasteiger partial charge in [0.05, 0.1) is 10.6 Å². The van der Waals surface area contributed by atoms with Gasteiger partial charge in [-0.3, -0.25) is 13.9 Å². The maximum atomic E-state index is 13.9. The van der Waals surface area contributed by atoms with Crippen LogP contribution in [0.1, 0.15) is 44.2 Å². The minimum absolute atomic E-state index is 0.0960. The summed E-state index contributed by atoms with van der Waals surface area (Å²) in [5.74, 6) is -0.691. The van der Waals surface area contributed by atoms with Crippen molar-refractivity contribution >= 4 is 27.5 Å². The first-order valence-corrected chi connectivity index (χ1v) is 14.5. The molecule has 0 bridgehead atoms. The lowest BCUT2D eigenvalue weighted by molar-refractivity contribution is -0.140. The molecular formula is C30H37N3O4S. The predicted octanol–water partition coefficient (Wildman–Crippen LogP) is 4.91. The van der Waals surface area contributed by atoms with Gasteiger partial charge in [-0.1, -0.05) is 86.5 Å². The number of nitrogens with one attached hydrogen (secondary N) is 1. The summed E-state index contributed by atoms with van der Waals surface area (Å²) in [5.41, 5.74) is 2.16. The number of hydrogen-bond donors (Lipinski definition) is 1. The molecule has 8 heteroatoms. The Labute approximate surface area is 226 Å². The molecule has 0 saturated carbocycles. The van der Waals surface area contributed by atoms with Crippen LogP contribution in [0.2, 0.25) is 0 Å². The zero-order chi connectivity index (χ0) is 27.5. The van der Waals surface area contributed by atoms with Gasteiger partial charge in [-0.2, -0.15) is 0 Å². The van der Waals surface area contributed by atoms with Gasteiger partial charge in [-0.15, -0.1) is 0 Å². The van der Waals surface area contributed by atoms with E-state index in [0.717, 1.165) is 28.3 Å². The number of amides is 2. The van der Waals surface area contributed by atoms with Crippen LogP contribution in [0.3, 0.4) is 0 Å². The molecule has 3 aromatic rings. The average molecular weight is 536 g/mol. The van der Waals surface area contributed by atoms with E-state index in [9.17, 15) is 18.0 Å². The number of unbranched alkanes of at least 4 members (excludes halogenated alkanes) is 1. The number of aryl methyl sites for hydroxylation is 1. The quantitative estimate of drug-likeness (QED) is 0.315. The van der Waals surface area contributed by atoms with Gasteiger partial charge in [-0.25, -0.2) is 8.42 Å². The van der Waals surface area contributed by atoms with Crippen LogP contribution in [0.4, 0.5) is 5.69 Å². The molecule has 0 aliphatic carbocycles. The van der Waals surface area contributed by atoms with E-state index in [4.69, 9.17) is 0 Å². The number of anilines is 1. The van der Waals surface area contributed by atoms with Gasteiger partial charge in [0, 0.05) is 13.1 Å². The van der Waals surface area contributed by atoms with Gasteiger partial charge in [0.25, 0.3) is 10.0 Å². The number of para-hydroxylation sites is 1. The summed E-state index contributed by atoms with van der Waals surface area (Å²) in [6.45, 7) is 6.05. The van der Waals surface area contributed by atoms with Crippen molar-refractivity contribution in [1.82, 2.24) is 10.2 Å². The first-order chi connectivity index (χ1) is 18.3. The number of carbonyl (C=O) groups excluding carboxylic acids is 2. The van der Waals surface area contributed by atoms with E-state index in [2.05, 4.69) is 5.32 Å². The summed E-state index contributed by atoms with van der Waals surface area (Å²) < 4.78 is 28.7. The van der Waals surface area contributed by atoms with Crippen LogP contribution in [-0.4, -0.2) is 44.3 Å². The lowest BCUT2D eigenvalue weighted by atomic mass is 10.1. The molecule has 1 N–H and O–H groups in total. The zero-order valence-electron chi connectivity index (χ0n) is 22.3. The van der Waals surface area contributed by atoms with Gasteiger partial charge >= 0.3 is 0 Å². The Morgan fingerprint density at radius 2 is 1.47 bits per heavy atom. The molecule has 0 aliphatic rings. The molecule has 1 unspecified atom stereocenters. The number of carbonyl (C=O) groups is 2. The van der Waals surface area contributed by atoms with E-state index in [1.807, 2.05) is 51.1 Å². The first-order valence-electron chi connectivity index (χ1n) is 13.0. The second kappa shape index (κ2) is 13.8. The largest absolute Gasteiger partial charge is 0.354 e. The van der Waals surface area contributed by atoms with Crippen molar-refractivity contribution in [2.45, 2.75) is 57.5 Å². The van der Waals surface area contributed by atoms with Crippen LogP contribution >= 0.6 is 0 Å². The molecule has 0 heterocycles. The molecule has 1 atom stereocenters. The van der Waals surface area contributed by atoms with E-state index in [1.54, 1.807) is 54.6 Å². The molecule has 0 saturated heterocycles. The average Bonchev–Trinajstić information content (AvgIpc) is 2.93. The summed E-state index contributed by atoms with van der Waals surface area (Å²) in [6, 6.07) is 23.8. The summed E-state index contributed by atoms with van der Waals surface area (Å²) in [7, 11) is -4.06. The Hall–Kier alpha value is -3.65. The molecule has 7 nitrogen and oxygen atoms in total. The molecule has 0 spiro atoms. The lowest BCUT2D eigenvalue weighted by Gasteiger charge is -2.33. The third-order valence-corrected chi connectivity index (χ3v) is 8.13. The maximum Gasteiger partial charge on any atom is 0.264 e. The standard InChI is InChI=1S/C30H37N3O4S/c1-4-6-21-31-30(35)28(5-2)32(22-25-13-9-7-10-14-25)29(34)23-33(26-15-11-8-12-16-26)38(36,37)27-19-17-24(3)18-20-27/h7-20,28H,4-6,21-23H2,1-3H3,(H,31,35). The van der Waals surface area contributed by atoms with Crippen molar-refractivity contribution in [3.8, 4) is 0 Å². The van der Waals surface area contributed by atoms with Crippen molar-refractivity contribution in [1.29, 1.82) is 0 Å². The molecular weight excluding hydrogens is 498 g/mol. The molecule has 3 rings (SSSR count). The van der Waals surface area contributed by atoms with Crippen molar-refractivity contribution < 1.29 is 18.0 Å². The Balaban J connectivity index is 1.99. The van der Waals surface area contributed by atoms with E-state index in [1.165, 1.54) is 4.90 Å². The molecule has 0 fully saturated rings. The predicted molar refractivity (Wildman–Crippen MR) is 151 cm³/mol. The molecule has 0 aliphatic heterocycles. The zero-order valence-corrected chi connectivity index (χ0v) is 23.2. The minimum atomic E-state index is -4.06. The van der Waals surface area contributed by atoms with Gasteiger partial charge < -0.3 is 10.2 Å². The summed E-state index contributed by atoms with van der Waals surface area (Å²) in [6.07, 6.45) is 2.17. The molecule has 3 aromatic carbocycles. The number of nitrogens with zero attached hydrogens (tertiary/aromatic N) is 2. The van der Waals surface area contributed by atoms with E-state index >= 15 is 0 Å². The third kappa shape index (κ3) is 7.44. The van der Waals surface area contributed by atoms with E-state index in [0.29, 0.717) is 18.7 Å². The van der Waals surface area contributed by atoms with Crippen molar-refractivity contribution in [2.24, 2.45) is 0 Å². The summed E-state index contributed by atoms with van der Waals surface area (Å²) >= 11 is 0. The monoisotopic (exact) mass is 535 g/mol. The molecule has 0 aromatic heterocycles. The van der Waals surface area contributed by atoms with Crippen LogP contribution in [0, 0.1) is 6.92 Å². The van der Waals surface area contributed by atoms with Crippen LogP contribution in [0.15, 0.2) is 89.8 Å². The number of hydrogen-bond acceptors (Lipinski definition) is 4. The Kier molecular flexibility index (Phi) is 10.5. The summed E-state index contributed by atoms with van der Waals surface area (Å²) in [5, 5.41) is 2.94. The normalized spacial score (nSPS) is 12.0. The highest BCUT2D eigenvalue weighted by molar-refractivity contribution is 7.92. The van der Waals surface area contributed by atoms with Gasteiger partial charge in [0.15, 0.2) is 0 Å². The Bertz CT molecular complexity index is 1280. The number of benzene rings is 3. The van der Waals surface area contributed by atoms with Gasteiger partial charge in [0.1, 0.15) is 12.6 Å². The molecule has 38 heavy (non-hydrogen) atoms. The van der Waals surface area contributed by atoms with E-state index in [-0.39, 0.29) is 17.3 Å². The van der Waals surface area contributed by atoms with E-state index < -0.39 is 28.5 Å². The van der Waals surface area contributed by atoms with Gasteiger partial charge in [-0.05, 0) is 49.6 Å². The topological polar surface area (TPSA) is 86.8 Å². The third-order valence-electron chi connectivity index (χ3n) is 6.34. The second-order valence-corrected chi connectivity index (χ2v) is 11.1. The lowest BCUT2D eigenvalue weighted by Crippen LogP contribution is -2.52. The van der Waals surface area contributed by atoms with Crippen LogP contribution in [0.5, 0.6) is 0 Å². The van der Waals surface area contributed by atoms with Gasteiger partial charge in [0.2, 0.25) is 11.8 Å². The molecule has 0 radical (unpaired) electrons. The van der Waals surface area contributed by atoms with Crippen LogP contribution in [-0.2, 0) is 26.2 Å². The fourth-order valence-electron chi connectivity index (χ4n) is 4.17. The SMILES string of the molecule is CCCCNC(=O)C(CC)N(Cc1ccccc1)C(=O)CN(c1ccccc1)S(=O)(=O)c1ccc(C)cc1. The smallest absolute Gasteiger partial charge is 0.264 e. The number of sulfonamides is 1. The maximum absolute atomic E-state index is 13.9. The highest BCUT2D eigenvalue weighted by atomic mass is 32.2. The van der Waals surface area contributed by atoms with Crippen molar-refractivity contribution in [3.63, 3.8) is 0 Å². The fraction of sp³-hybridized carbons (Fsp3) is 0.333. The molecule has 2 amide bonds. The summed E-state index contributed by atoms with van der Waals surface area (Å²) in [4.78, 5) is 28.7. The molecule has 202 valence electrons. The van der Waals surface area contributed by atoms with Crippen LogP contribution in [0.25, 0.3) is 0 Å². The minimum Gasteiger partial charge on any atom is -0.354 e. The Morgan fingerprint density at radius 3 is 2.05 bits per heavy atom. The Morgan fingerprint density at radius 1 is 0.868 bits per heavy atom. The number of rotatable bonds is 13. The van der Waals surface area contributed by atoms with Crippen molar-refractivity contribution in [2.75, 3.05) is 17.4 Å².